The molecular weight excluding hydrogens is 465 g/mol. The summed E-state index contributed by atoms with van der Waals surface area (Å²) in [7, 11) is 1.45. The molecule has 4 N–H and O–H groups in total. The summed E-state index contributed by atoms with van der Waals surface area (Å²) in [5.74, 6) is 2.57. The minimum absolute atomic E-state index is 0.157. The minimum atomic E-state index is -0.494. The molecule has 1 aliphatic rings. The molecule has 1 amide bonds. The number of aromatic amines is 1. The standard InChI is InChI=1S/C26H26FN5O2S/c1-34-22-7-6-18(27)12-19(22)26(33)29-14-15-2-4-17(5-3-15)24-23-21(31-32-25(23)28)13-20(30-24)16-8-10-35-11-9-16/h2-7,12-13,16H,8-11,14H2,1H3,(H,29,33)(H3,28,31,32). The van der Waals surface area contributed by atoms with E-state index < -0.39 is 11.7 Å². The molecule has 0 bridgehead atoms. The fraction of sp³-hybridized carbons (Fsp3) is 0.269. The molecular formula is C26H26FN5O2S. The van der Waals surface area contributed by atoms with E-state index in [1.54, 1.807) is 0 Å². The van der Waals surface area contributed by atoms with Crippen molar-refractivity contribution in [3.05, 3.63) is 71.2 Å². The Labute approximate surface area is 206 Å². The fourth-order valence-electron chi connectivity index (χ4n) is 4.42. The van der Waals surface area contributed by atoms with Crippen molar-refractivity contribution in [1.82, 2.24) is 20.5 Å². The topological polar surface area (TPSA) is 106 Å². The summed E-state index contributed by atoms with van der Waals surface area (Å²) in [6.45, 7) is 0.287. The fourth-order valence-corrected chi connectivity index (χ4v) is 5.52. The third-order valence-corrected chi connectivity index (χ3v) is 7.37. The van der Waals surface area contributed by atoms with E-state index in [-0.39, 0.29) is 12.1 Å². The first kappa shape index (κ1) is 23.2. The SMILES string of the molecule is COc1ccc(F)cc1C(=O)NCc1ccc(-c2nc(C3CCSCC3)cc3[nH]nc(N)c23)cc1. The Morgan fingerprint density at radius 1 is 1.20 bits per heavy atom. The number of carbonyl (C=O) groups excluding carboxylic acids is 1. The molecule has 4 aromatic rings. The lowest BCUT2D eigenvalue weighted by molar-refractivity contribution is 0.0947. The second kappa shape index (κ2) is 9.95. The average Bonchev–Trinajstić information content (AvgIpc) is 3.28. The van der Waals surface area contributed by atoms with Gasteiger partial charge in [-0.2, -0.15) is 16.9 Å². The number of hydrogen-bond donors (Lipinski definition) is 3. The van der Waals surface area contributed by atoms with Crippen LogP contribution >= 0.6 is 11.8 Å². The maximum absolute atomic E-state index is 13.6. The summed E-state index contributed by atoms with van der Waals surface area (Å²) in [4.78, 5) is 17.6. The number of H-pyrrole nitrogens is 1. The lowest BCUT2D eigenvalue weighted by Crippen LogP contribution is -2.23. The number of benzene rings is 2. The Hall–Kier alpha value is -3.59. The lowest BCUT2D eigenvalue weighted by atomic mass is 9.96. The van der Waals surface area contributed by atoms with Crippen LogP contribution in [0.1, 0.15) is 40.4 Å². The highest BCUT2D eigenvalue weighted by atomic mass is 32.2. The number of carbonyl (C=O) groups is 1. The molecule has 0 atom stereocenters. The van der Waals surface area contributed by atoms with E-state index in [1.165, 1.54) is 25.3 Å². The van der Waals surface area contributed by atoms with E-state index in [0.717, 1.165) is 57.8 Å². The van der Waals surface area contributed by atoms with Gasteiger partial charge in [0.05, 0.1) is 29.3 Å². The van der Waals surface area contributed by atoms with Crippen molar-refractivity contribution in [2.24, 2.45) is 0 Å². The molecule has 1 aliphatic heterocycles. The molecule has 0 unspecified atom stereocenters. The van der Waals surface area contributed by atoms with Gasteiger partial charge in [-0.15, -0.1) is 0 Å². The number of nitrogens with zero attached hydrogens (tertiary/aromatic N) is 2. The molecule has 3 heterocycles. The Kier molecular flexibility index (Phi) is 6.59. The number of thioether (sulfide) groups is 1. The summed E-state index contributed by atoms with van der Waals surface area (Å²) in [6, 6.07) is 13.8. The van der Waals surface area contributed by atoms with Crippen LogP contribution in [-0.2, 0) is 6.54 Å². The zero-order valence-electron chi connectivity index (χ0n) is 19.3. The predicted molar refractivity (Wildman–Crippen MR) is 137 cm³/mol. The number of hydrogen-bond acceptors (Lipinski definition) is 6. The van der Waals surface area contributed by atoms with Crippen molar-refractivity contribution in [2.45, 2.75) is 25.3 Å². The van der Waals surface area contributed by atoms with Gasteiger partial charge in [-0.3, -0.25) is 14.9 Å². The number of pyridine rings is 1. The van der Waals surface area contributed by atoms with Crippen LogP contribution in [0.2, 0.25) is 0 Å². The van der Waals surface area contributed by atoms with E-state index in [4.69, 9.17) is 15.5 Å². The number of aromatic nitrogens is 3. The van der Waals surface area contributed by atoms with Crippen LogP contribution < -0.4 is 15.8 Å². The van der Waals surface area contributed by atoms with Crippen LogP contribution in [0.5, 0.6) is 5.75 Å². The van der Waals surface area contributed by atoms with E-state index in [2.05, 4.69) is 21.6 Å². The van der Waals surface area contributed by atoms with Crippen LogP contribution in [0.4, 0.5) is 10.2 Å². The Bertz CT molecular complexity index is 1370. The highest BCUT2D eigenvalue weighted by molar-refractivity contribution is 7.99. The van der Waals surface area contributed by atoms with E-state index in [9.17, 15) is 9.18 Å². The first-order valence-electron chi connectivity index (χ1n) is 11.5. The summed E-state index contributed by atoms with van der Waals surface area (Å²) in [5.41, 5.74) is 10.9. The van der Waals surface area contributed by atoms with Crippen LogP contribution in [0.25, 0.3) is 22.2 Å². The molecule has 35 heavy (non-hydrogen) atoms. The molecule has 9 heteroatoms. The molecule has 180 valence electrons. The smallest absolute Gasteiger partial charge is 0.255 e. The van der Waals surface area contributed by atoms with E-state index in [1.807, 2.05) is 36.0 Å². The first-order chi connectivity index (χ1) is 17.0. The lowest BCUT2D eigenvalue weighted by Gasteiger charge is -2.21. The van der Waals surface area contributed by atoms with Crippen LogP contribution in [0.15, 0.2) is 48.5 Å². The zero-order chi connectivity index (χ0) is 24.4. The first-order valence-corrected chi connectivity index (χ1v) is 12.6. The quantitative estimate of drug-likeness (QED) is 0.354. The zero-order valence-corrected chi connectivity index (χ0v) is 20.1. The molecule has 2 aromatic carbocycles. The van der Waals surface area contributed by atoms with Crippen LogP contribution in [0, 0.1) is 5.82 Å². The van der Waals surface area contributed by atoms with Crippen LogP contribution in [0.3, 0.4) is 0 Å². The molecule has 0 saturated carbocycles. The monoisotopic (exact) mass is 491 g/mol. The summed E-state index contributed by atoms with van der Waals surface area (Å²) >= 11 is 1.99. The van der Waals surface area contributed by atoms with Crippen molar-refractivity contribution in [1.29, 1.82) is 0 Å². The third-order valence-electron chi connectivity index (χ3n) is 6.32. The summed E-state index contributed by atoms with van der Waals surface area (Å²) < 4.78 is 18.8. The van der Waals surface area contributed by atoms with Gasteiger partial charge in [0.15, 0.2) is 5.82 Å². The minimum Gasteiger partial charge on any atom is -0.496 e. The molecule has 5 rings (SSSR count). The molecule has 2 aromatic heterocycles. The number of amides is 1. The van der Waals surface area contributed by atoms with Gasteiger partial charge in [0.1, 0.15) is 11.6 Å². The largest absolute Gasteiger partial charge is 0.496 e. The number of ether oxygens (including phenoxy) is 1. The molecule has 1 saturated heterocycles. The molecule has 7 nitrogen and oxygen atoms in total. The van der Waals surface area contributed by atoms with Gasteiger partial charge >= 0.3 is 0 Å². The van der Waals surface area contributed by atoms with Gasteiger partial charge in [-0.1, -0.05) is 24.3 Å². The summed E-state index contributed by atoms with van der Waals surface area (Å²) in [6.07, 6.45) is 2.22. The number of nitrogens with one attached hydrogen (secondary N) is 2. The number of nitrogen functional groups attached to an aromatic ring is 1. The van der Waals surface area contributed by atoms with Crippen molar-refractivity contribution < 1.29 is 13.9 Å². The van der Waals surface area contributed by atoms with Gasteiger partial charge < -0.3 is 15.8 Å². The molecule has 1 fully saturated rings. The van der Waals surface area contributed by atoms with Crippen molar-refractivity contribution >= 4 is 34.4 Å². The number of methoxy groups -OCH3 is 1. The van der Waals surface area contributed by atoms with Crippen LogP contribution in [-0.4, -0.2) is 39.7 Å². The van der Waals surface area contributed by atoms with E-state index in [0.29, 0.717) is 17.5 Å². The second-order valence-electron chi connectivity index (χ2n) is 8.54. The number of anilines is 1. The number of rotatable bonds is 6. The van der Waals surface area contributed by atoms with Gasteiger partial charge in [0.25, 0.3) is 5.91 Å². The maximum Gasteiger partial charge on any atom is 0.255 e. The van der Waals surface area contributed by atoms with Crippen molar-refractivity contribution in [3.8, 4) is 17.0 Å². The highest BCUT2D eigenvalue weighted by Crippen LogP contribution is 2.36. The number of fused-ring (bicyclic) bond motifs is 1. The van der Waals surface area contributed by atoms with Gasteiger partial charge in [0, 0.05) is 23.7 Å². The second-order valence-corrected chi connectivity index (χ2v) is 9.76. The van der Waals surface area contributed by atoms with Crippen molar-refractivity contribution in [2.75, 3.05) is 24.3 Å². The summed E-state index contributed by atoms with van der Waals surface area (Å²) in [5, 5.41) is 10.9. The molecule has 0 aliphatic carbocycles. The Balaban J connectivity index is 1.38. The van der Waals surface area contributed by atoms with Gasteiger partial charge in [0.2, 0.25) is 0 Å². The Morgan fingerprint density at radius 3 is 2.71 bits per heavy atom. The van der Waals surface area contributed by atoms with Crippen molar-refractivity contribution in [3.63, 3.8) is 0 Å². The molecule has 0 spiro atoms. The molecule has 0 radical (unpaired) electrons. The number of halogens is 1. The third kappa shape index (κ3) is 4.81. The average molecular weight is 492 g/mol. The maximum atomic E-state index is 13.6. The number of nitrogens with two attached hydrogens (primary N) is 1. The van der Waals surface area contributed by atoms with Gasteiger partial charge in [-0.05, 0) is 54.2 Å². The Morgan fingerprint density at radius 2 is 1.97 bits per heavy atom. The normalized spacial score (nSPS) is 14.2. The predicted octanol–water partition coefficient (Wildman–Crippen LogP) is 4.90. The highest BCUT2D eigenvalue weighted by Gasteiger charge is 2.21. The van der Waals surface area contributed by atoms with E-state index >= 15 is 0 Å². The van der Waals surface area contributed by atoms with Gasteiger partial charge in [-0.25, -0.2) is 4.39 Å².